The zero-order chi connectivity index (χ0) is 14.4. The molecule has 0 aromatic heterocycles. The highest BCUT2D eigenvalue weighted by Gasteiger charge is 2.23. The lowest BCUT2D eigenvalue weighted by atomic mass is 9.96. The third-order valence-electron chi connectivity index (χ3n) is 4.08. The molecular formula is C16H28Cl3N3. The molecule has 22 heavy (non-hydrogen) atoms. The van der Waals surface area contributed by atoms with Crippen LogP contribution in [0.5, 0.6) is 0 Å². The first kappa shape index (κ1) is 21.8. The largest absolute Gasteiger partial charge is 0.398 e. The Morgan fingerprint density at radius 3 is 2.55 bits per heavy atom. The van der Waals surface area contributed by atoms with Crippen molar-refractivity contribution in [3.8, 4) is 0 Å². The van der Waals surface area contributed by atoms with Crippen LogP contribution >= 0.6 is 36.4 Å². The molecule has 1 saturated heterocycles. The van der Waals surface area contributed by atoms with Crippen LogP contribution in [0.2, 0.25) is 5.02 Å². The quantitative estimate of drug-likeness (QED) is 0.581. The third-order valence-corrected chi connectivity index (χ3v) is 4.32. The van der Waals surface area contributed by atoms with Crippen LogP contribution < -0.4 is 11.1 Å². The number of hydrogen-bond donors (Lipinski definition) is 2. The van der Waals surface area contributed by atoms with E-state index in [9.17, 15) is 0 Å². The number of unbranched alkanes of at least 4 members (excludes halogenated alkanes) is 2. The van der Waals surface area contributed by atoms with Crippen LogP contribution in [0.1, 0.15) is 44.2 Å². The lowest BCUT2D eigenvalue weighted by molar-refractivity contribution is 0.163. The summed E-state index contributed by atoms with van der Waals surface area (Å²) >= 11 is 6.17. The van der Waals surface area contributed by atoms with Crippen molar-refractivity contribution in [3.05, 3.63) is 28.8 Å². The van der Waals surface area contributed by atoms with Crippen molar-refractivity contribution in [2.45, 2.75) is 38.6 Å². The van der Waals surface area contributed by atoms with Crippen LogP contribution in [0.3, 0.4) is 0 Å². The van der Waals surface area contributed by atoms with Gasteiger partial charge in [-0.1, -0.05) is 37.8 Å². The molecule has 3 N–H and O–H groups in total. The number of nitrogen functional groups attached to an aromatic ring is 1. The van der Waals surface area contributed by atoms with Gasteiger partial charge in [0.1, 0.15) is 0 Å². The molecule has 1 aliphatic rings. The maximum absolute atomic E-state index is 6.20. The second-order valence-corrected chi connectivity index (χ2v) is 6.01. The SMILES string of the molecule is CCCCC[C@@H](c1cc(Cl)ccc1N)N1CCNCC1.Cl.Cl. The van der Waals surface area contributed by atoms with E-state index in [0.29, 0.717) is 6.04 Å². The Hall–Kier alpha value is -0.190. The second-order valence-electron chi connectivity index (χ2n) is 5.57. The molecule has 0 aliphatic carbocycles. The van der Waals surface area contributed by atoms with Crippen LogP contribution in [0, 0.1) is 0 Å². The summed E-state index contributed by atoms with van der Waals surface area (Å²) in [6.45, 7) is 6.54. The Bertz CT molecular complexity index is 423. The Morgan fingerprint density at radius 2 is 1.91 bits per heavy atom. The highest BCUT2D eigenvalue weighted by molar-refractivity contribution is 6.30. The highest BCUT2D eigenvalue weighted by Crippen LogP contribution is 2.32. The molecule has 0 unspecified atom stereocenters. The van der Waals surface area contributed by atoms with Gasteiger partial charge in [-0.15, -0.1) is 24.8 Å². The summed E-state index contributed by atoms with van der Waals surface area (Å²) in [5.41, 5.74) is 8.27. The molecular weight excluding hydrogens is 341 g/mol. The van der Waals surface area contributed by atoms with Gasteiger partial charge in [-0.05, 0) is 30.2 Å². The minimum atomic E-state index is 0. The van der Waals surface area contributed by atoms with E-state index in [-0.39, 0.29) is 24.8 Å². The predicted octanol–water partition coefficient (Wildman–Crippen LogP) is 4.29. The number of nitrogens with two attached hydrogens (primary N) is 1. The second kappa shape index (κ2) is 11.4. The van der Waals surface area contributed by atoms with E-state index < -0.39 is 0 Å². The van der Waals surface area contributed by atoms with Crippen LogP contribution in [-0.4, -0.2) is 31.1 Å². The molecule has 6 heteroatoms. The Kier molecular flexibility index (Phi) is 11.3. The molecule has 0 radical (unpaired) electrons. The number of halogens is 3. The summed E-state index contributed by atoms with van der Waals surface area (Å²) in [5, 5.41) is 4.20. The fourth-order valence-electron chi connectivity index (χ4n) is 2.95. The van der Waals surface area contributed by atoms with Crippen LogP contribution in [0.4, 0.5) is 5.69 Å². The van der Waals surface area contributed by atoms with E-state index in [1.807, 2.05) is 12.1 Å². The molecule has 128 valence electrons. The number of anilines is 1. The Labute approximate surface area is 151 Å². The molecule has 1 heterocycles. The molecule has 3 nitrogen and oxygen atoms in total. The number of hydrogen-bond acceptors (Lipinski definition) is 3. The Morgan fingerprint density at radius 1 is 1.23 bits per heavy atom. The van der Waals surface area contributed by atoms with Gasteiger partial charge in [-0.2, -0.15) is 0 Å². The van der Waals surface area contributed by atoms with Gasteiger partial charge >= 0.3 is 0 Å². The molecule has 1 aromatic rings. The van der Waals surface area contributed by atoms with E-state index in [2.05, 4.69) is 23.2 Å². The van der Waals surface area contributed by atoms with Crippen molar-refractivity contribution in [1.29, 1.82) is 0 Å². The first-order chi connectivity index (χ1) is 9.72. The van der Waals surface area contributed by atoms with E-state index in [1.54, 1.807) is 0 Å². The van der Waals surface area contributed by atoms with Gasteiger partial charge in [0.05, 0.1) is 0 Å². The fourth-order valence-corrected chi connectivity index (χ4v) is 3.13. The smallest absolute Gasteiger partial charge is 0.0410 e. The predicted molar refractivity (Wildman–Crippen MR) is 102 cm³/mol. The monoisotopic (exact) mass is 367 g/mol. The minimum Gasteiger partial charge on any atom is -0.398 e. The van der Waals surface area contributed by atoms with Gasteiger partial charge in [0.25, 0.3) is 0 Å². The Balaban J connectivity index is 0.00000220. The van der Waals surface area contributed by atoms with Gasteiger partial charge < -0.3 is 11.1 Å². The summed E-state index contributed by atoms with van der Waals surface area (Å²) < 4.78 is 0. The zero-order valence-electron chi connectivity index (χ0n) is 13.2. The summed E-state index contributed by atoms with van der Waals surface area (Å²) in [6.07, 6.45) is 4.94. The van der Waals surface area contributed by atoms with Crippen molar-refractivity contribution in [3.63, 3.8) is 0 Å². The maximum Gasteiger partial charge on any atom is 0.0410 e. The van der Waals surface area contributed by atoms with E-state index in [1.165, 1.54) is 31.2 Å². The average molecular weight is 369 g/mol. The lowest BCUT2D eigenvalue weighted by Gasteiger charge is -2.36. The number of nitrogens with zero attached hydrogens (tertiary/aromatic N) is 1. The van der Waals surface area contributed by atoms with Gasteiger partial charge in [-0.3, -0.25) is 4.90 Å². The van der Waals surface area contributed by atoms with E-state index in [4.69, 9.17) is 17.3 Å². The molecule has 0 spiro atoms. The van der Waals surface area contributed by atoms with Crippen LogP contribution in [0.15, 0.2) is 18.2 Å². The van der Waals surface area contributed by atoms with Crippen molar-refractivity contribution >= 4 is 42.1 Å². The number of rotatable bonds is 6. The van der Waals surface area contributed by atoms with Gasteiger partial charge in [-0.25, -0.2) is 0 Å². The van der Waals surface area contributed by atoms with Gasteiger partial charge in [0.15, 0.2) is 0 Å². The van der Waals surface area contributed by atoms with E-state index >= 15 is 0 Å². The maximum atomic E-state index is 6.20. The minimum absolute atomic E-state index is 0. The normalized spacial score (nSPS) is 16.5. The van der Waals surface area contributed by atoms with Crippen molar-refractivity contribution in [1.82, 2.24) is 10.2 Å². The highest BCUT2D eigenvalue weighted by atomic mass is 35.5. The van der Waals surface area contributed by atoms with Crippen molar-refractivity contribution in [2.24, 2.45) is 0 Å². The molecule has 2 rings (SSSR count). The lowest BCUT2D eigenvalue weighted by Crippen LogP contribution is -2.45. The first-order valence-corrected chi connectivity index (χ1v) is 8.10. The summed E-state index contributed by atoms with van der Waals surface area (Å²) in [7, 11) is 0. The van der Waals surface area contributed by atoms with Crippen molar-refractivity contribution in [2.75, 3.05) is 31.9 Å². The summed E-state index contributed by atoms with van der Waals surface area (Å²) in [4.78, 5) is 2.55. The molecule has 1 fully saturated rings. The molecule has 1 aromatic carbocycles. The summed E-state index contributed by atoms with van der Waals surface area (Å²) in [5.74, 6) is 0. The standard InChI is InChI=1S/C16H26ClN3.2ClH/c1-2-3-4-5-16(20-10-8-19-9-11-20)14-12-13(17)6-7-15(14)18;;/h6-7,12,16,19H,2-5,8-11,18H2,1H3;2*1H/t16-;;/m0../s1. The molecule has 0 saturated carbocycles. The first-order valence-electron chi connectivity index (χ1n) is 7.72. The average Bonchev–Trinajstić information content (AvgIpc) is 2.48. The topological polar surface area (TPSA) is 41.3 Å². The van der Waals surface area contributed by atoms with Crippen LogP contribution in [-0.2, 0) is 0 Å². The van der Waals surface area contributed by atoms with Crippen molar-refractivity contribution < 1.29 is 0 Å². The molecule has 0 amide bonds. The molecule has 1 aliphatic heterocycles. The number of nitrogens with one attached hydrogen (secondary N) is 1. The fraction of sp³-hybridized carbons (Fsp3) is 0.625. The summed E-state index contributed by atoms with van der Waals surface area (Å²) in [6, 6.07) is 6.27. The van der Waals surface area contributed by atoms with E-state index in [0.717, 1.165) is 36.9 Å². The molecule has 1 atom stereocenters. The number of piperazine rings is 1. The van der Waals surface area contributed by atoms with Crippen LogP contribution in [0.25, 0.3) is 0 Å². The van der Waals surface area contributed by atoms with Gasteiger partial charge in [0, 0.05) is 42.9 Å². The zero-order valence-corrected chi connectivity index (χ0v) is 15.6. The number of benzene rings is 1. The van der Waals surface area contributed by atoms with Gasteiger partial charge in [0.2, 0.25) is 0 Å². The molecule has 0 bridgehead atoms. The third kappa shape index (κ3) is 6.13.